The number of hydrogen-bond donors (Lipinski definition) is 1. The van der Waals surface area contributed by atoms with Crippen LogP contribution in [0.15, 0.2) is 30.3 Å². The van der Waals surface area contributed by atoms with E-state index in [1.807, 2.05) is 18.2 Å². The molecule has 11 heteroatoms. The quantitative estimate of drug-likeness (QED) is 0.669. The van der Waals surface area contributed by atoms with E-state index in [0.717, 1.165) is 0 Å². The van der Waals surface area contributed by atoms with E-state index in [9.17, 15) is 18.0 Å². The molecule has 33 heavy (non-hydrogen) atoms. The van der Waals surface area contributed by atoms with Crippen molar-refractivity contribution in [3.8, 4) is 0 Å². The van der Waals surface area contributed by atoms with Crippen molar-refractivity contribution in [2.24, 2.45) is 5.41 Å². The van der Waals surface area contributed by atoms with Gasteiger partial charge in [0.25, 0.3) is 0 Å². The van der Waals surface area contributed by atoms with Gasteiger partial charge >= 0.3 is 6.03 Å². The third-order valence-corrected chi connectivity index (χ3v) is 8.72. The fourth-order valence-corrected chi connectivity index (χ4v) is 7.04. The average molecular weight is 481 g/mol. The molecule has 3 saturated heterocycles. The highest BCUT2D eigenvalue weighted by Crippen LogP contribution is 2.44. The Kier molecular flexibility index (Phi) is 7.22. The number of carbonyl (C=O) groups is 2. The van der Waals surface area contributed by atoms with Crippen LogP contribution in [-0.4, -0.2) is 106 Å². The van der Waals surface area contributed by atoms with Crippen molar-refractivity contribution in [2.75, 3.05) is 70.7 Å². The first-order valence-electron chi connectivity index (χ1n) is 11.3. The van der Waals surface area contributed by atoms with E-state index in [1.54, 1.807) is 21.9 Å². The number of rotatable bonds is 5. The van der Waals surface area contributed by atoms with Crippen LogP contribution in [0.4, 0.5) is 10.5 Å². The first kappa shape index (κ1) is 23.9. The van der Waals surface area contributed by atoms with Gasteiger partial charge in [0.05, 0.1) is 31.0 Å². The van der Waals surface area contributed by atoms with Gasteiger partial charge in [0.1, 0.15) is 0 Å². The molecule has 0 aromatic heterocycles. The number of nitrogens with zero attached hydrogens (tertiary/aromatic N) is 3. The van der Waals surface area contributed by atoms with Crippen LogP contribution in [0.3, 0.4) is 0 Å². The smallest absolute Gasteiger partial charge is 0.321 e. The third-order valence-electron chi connectivity index (χ3n) is 6.85. The molecule has 1 aromatic rings. The highest BCUT2D eigenvalue weighted by atomic mass is 32.2. The molecule has 1 aromatic carbocycles. The molecule has 1 N–H and O–H groups in total. The molecule has 0 aliphatic carbocycles. The third kappa shape index (κ3) is 4.86. The maximum absolute atomic E-state index is 13.9. The zero-order valence-corrected chi connectivity index (χ0v) is 19.8. The summed E-state index contributed by atoms with van der Waals surface area (Å²) in [5.74, 6) is -0.220. The van der Waals surface area contributed by atoms with Gasteiger partial charge in [0, 0.05) is 51.6 Å². The number of morpholine rings is 1. The number of piperidine rings is 1. The van der Waals surface area contributed by atoms with Gasteiger partial charge in [-0.3, -0.25) is 4.79 Å². The number of fused-ring (bicyclic) bond motifs is 1. The van der Waals surface area contributed by atoms with Crippen LogP contribution >= 0.6 is 0 Å². The molecule has 3 fully saturated rings. The van der Waals surface area contributed by atoms with Crippen LogP contribution in [0.1, 0.15) is 12.8 Å². The van der Waals surface area contributed by atoms with Crippen LogP contribution in [0.2, 0.25) is 0 Å². The number of hydrogen-bond acceptors (Lipinski definition) is 6. The Morgan fingerprint density at radius 3 is 2.58 bits per heavy atom. The molecule has 2 atom stereocenters. The van der Waals surface area contributed by atoms with E-state index in [2.05, 4.69) is 5.32 Å². The minimum atomic E-state index is -3.52. The highest BCUT2D eigenvalue weighted by Gasteiger charge is 2.58. The Morgan fingerprint density at radius 1 is 1.15 bits per heavy atom. The molecule has 4 rings (SSSR count). The number of amides is 3. The molecular weight excluding hydrogens is 448 g/mol. The van der Waals surface area contributed by atoms with Crippen molar-refractivity contribution in [1.29, 1.82) is 0 Å². The zero-order valence-electron chi connectivity index (χ0n) is 18.9. The Morgan fingerprint density at radius 2 is 1.88 bits per heavy atom. The standard InChI is InChI=1S/C22H32N4O6S/c1-31-13-12-26-19-7-9-25(21(28)23-18-5-3-2-4-6-18)17-22(19,8-16-33(26,29)30)20(27)24-10-14-32-15-11-24/h2-6,19H,7-17H2,1H3,(H,23,28)/t19-,22+/m1/s1. The predicted molar refractivity (Wildman–Crippen MR) is 122 cm³/mol. The zero-order chi connectivity index (χ0) is 23.5. The molecule has 3 aliphatic rings. The Labute approximate surface area is 194 Å². The molecule has 0 radical (unpaired) electrons. The summed E-state index contributed by atoms with van der Waals surface area (Å²) in [6, 6.07) is 8.36. The number of methoxy groups -OCH3 is 1. The van der Waals surface area contributed by atoms with E-state index in [1.165, 1.54) is 11.4 Å². The number of anilines is 1. The number of benzene rings is 1. The SMILES string of the molecule is COCCN1[C@@H]2CCN(C(=O)Nc3ccccc3)C[C@@]2(C(=O)N2CCOCC2)CCS1(=O)=O. The van der Waals surface area contributed by atoms with Crippen molar-refractivity contribution in [1.82, 2.24) is 14.1 Å². The summed E-state index contributed by atoms with van der Waals surface area (Å²) in [6.45, 7) is 2.81. The lowest BCUT2D eigenvalue weighted by atomic mass is 9.71. The lowest BCUT2D eigenvalue weighted by Crippen LogP contribution is -2.69. The molecule has 182 valence electrons. The number of carbonyl (C=O) groups excluding carboxylic acids is 2. The minimum absolute atomic E-state index is 0.0923. The minimum Gasteiger partial charge on any atom is -0.383 e. The van der Waals surface area contributed by atoms with Crippen LogP contribution in [0.25, 0.3) is 0 Å². The van der Waals surface area contributed by atoms with E-state index in [4.69, 9.17) is 9.47 Å². The summed E-state index contributed by atoms with van der Waals surface area (Å²) in [7, 11) is -1.99. The Hall–Kier alpha value is -2.21. The normalized spacial score (nSPS) is 27.6. The van der Waals surface area contributed by atoms with Gasteiger partial charge in [-0.05, 0) is 25.0 Å². The number of ether oxygens (including phenoxy) is 2. The second-order valence-electron chi connectivity index (χ2n) is 8.75. The number of nitrogens with one attached hydrogen (secondary N) is 1. The summed E-state index contributed by atoms with van der Waals surface area (Å²) in [6.07, 6.45) is 0.579. The second kappa shape index (κ2) is 9.96. The molecule has 3 amide bonds. The molecule has 3 heterocycles. The highest BCUT2D eigenvalue weighted by molar-refractivity contribution is 7.89. The van der Waals surface area contributed by atoms with Crippen molar-refractivity contribution >= 4 is 27.6 Å². The van der Waals surface area contributed by atoms with Crippen LogP contribution < -0.4 is 5.32 Å². The molecule has 0 bridgehead atoms. The lowest BCUT2D eigenvalue weighted by Gasteiger charge is -2.54. The van der Waals surface area contributed by atoms with Gasteiger partial charge in [-0.1, -0.05) is 18.2 Å². The van der Waals surface area contributed by atoms with Crippen LogP contribution in [0, 0.1) is 5.41 Å². The van der Waals surface area contributed by atoms with Gasteiger partial charge in [0.2, 0.25) is 15.9 Å². The Balaban J connectivity index is 1.63. The van der Waals surface area contributed by atoms with E-state index in [-0.39, 0.29) is 43.8 Å². The molecule has 3 aliphatic heterocycles. The monoisotopic (exact) mass is 480 g/mol. The summed E-state index contributed by atoms with van der Waals surface area (Å²) in [5.41, 5.74) is -0.325. The fraction of sp³-hybridized carbons (Fsp3) is 0.636. The van der Waals surface area contributed by atoms with Gasteiger partial charge in [-0.15, -0.1) is 0 Å². The number of likely N-dealkylation sites (tertiary alicyclic amines) is 1. The summed E-state index contributed by atoms with van der Waals surface area (Å²) >= 11 is 0. The second-order valence-corrected chi connectivity index (χ2v) is 10.8. The molecular formula is C22H32N4O6S. The topological polar surface area (TPSA) is 108 Å². The molecule has 0 spiro atoms. The average Bonchev–Trinajstić information content (AvgIpc) is 2.83. The summed E-state index contributed by atoms with van der Waals surface area (Å²) in [4.78, 5) is 30.4. The maximum atomic E-state index is 13.9. The van der Waals surface area contributed by atoms with E-state index < -0.39 is 21.5 Å². The summed E-state index contributed by atoms with van der Waals surface area (Å²) < 4.78 is 38.0. The van der Waals surface area contributed by atoms with Gasteiger partial charge in [-0.2, -0.15) is 4.31 Å². The van der Waals surface area contributed by atoms with E-state index in [0.29, 0.717) is 45.0 Å². The molecule has 0 saturated carbocycles. The first-order chi connectivity index (χ1) is 15.9. The van der Waals surface area contributed by atoms with Gasteiger partial charge < -0.3 is 24.6 Å². The number of para-hydroxylation sites is 1. The van der Waals surface area contributed by atoms with Gasteiger partial charge in [-0.25, -0.2) is 13.2 Å². The van der Waals surface area contributed by atoms with Crippen molar-refractivity contribution in [2.45, 2.75) is 18.9 Å². The summed E-state index contributed by atoms with van der Waals surface area (Å²) in [5, 5.41) is 2.89. The van der Waals surface area contributed by atoms with Crippen LogP contribution in [-0.2, 0) is 24.3 Å². The number of sulfonamides is 1. The molecule has 10 nitrogen and oxygen atoms in total. The van der Waals surface area contributed by atoms with Crippen molar-refractivity contribution in [3.05, 3.63) is 30.3 Å². The lowest BCUT2D eigenvalue weighted by molar-refractivity contribution is -0.154. The fourth-order valence-electron chi connectivity index (χ4n) is 5.14. The first-order valence-corrected chi connectivity index (χ1v) is 12.9. The van der Waals surface area contributed by atoms with Gasteiger partial charge in [0.15, 0.2) is 0 Å². The van der Waals surface area contributed by atoms with Crippen LogP contribution in [0.5, 0.6) is 0 Å². The largest absolute Gasteiger partial charge is 0.383 e. The predicted octanol–water partition coefficient (Wildman–Crippen LogP) is 0.820. The van der Waals surface area contributed by atoms with E-state index >= 15 is 0 Å². The van der Waals surface area contributed by atoms with Crippen molar-refractivity contribution in [3.63, 3.8) is 0 Å². The Bertz CT molecular complexity index is 953. The number of urea groups is 1. The maximum Gasteiger partial charge on any atom is 0.321 e. The van der Waals surface area contributed by atoms with Crippen molar-refractivity contribution < 1.29 is 27.5 Å². The molecule has 0 unspecified atom stereocenters.